The summed E-state index contributed by atoms with van der Waals surface area (Å²) in [5.74, 6) is 0.569. The molecule has 0 radical (unpaired) electrons. The summed E-state index contributed by atoms with van der Waals surface area (Å²) in [6, 6.07) is 12.4. The van der Waals surface area contributed by atoms with E-state index >= 15 is 0 Å². The van der Waals surface area contributed by atoms with E-state index in [4.69, 9.17) is 0 Å². The zero-order chi connectivity index (χ0) is 24.2. The SMILES string of the molecule is Cc1cc(C)cc(N2CC(c3nnc(NC(=O)CSCc4ccc([N+](=O)[O-])cc4)s3)CC2=O)c1. The van der Waals surface area contributed by atoms with Crippen molar-refractivity contribution in [3.63, 3.8) is 0 Å². The molecule has 0 bridgehead atoms. The lowest BCUT2D eigenvalue weighted by molar-refractivity contribution is -0.384. The zero-order valence-corrected chi connectivity index (χ0v) is 20.3. The number of hydrogen-bond donors (Lipinski definition) is 1. The lowest BCUT2D eigenvalue weighted by atomic mass is 10.1. The molecule has 34 heavy (non-hydrogen) atoms. The predicted octanol–water partition coefficient (Wildman–Crippen LogP) is 4.46. The van der Waals surface area contributed by atoms with Gasteiger partial charge in [0.25, 0.3) is 5.69 Å². The second-order valence-electron chi connectivity index (χ2n) is 8.16. The fourth-order valence-electron chi connectivity index (χ4n) is 3.81. The van der Waals surface area contributed by atoms with Crippen LogP contribution in [0.4, 0.5) is 16.5 Å². The first-order valence-corrected chi connectivity index (χ1v) is 12.6. The van der Waals surface area contributed by atoms with E-state index in [1.807, 2.05) is 26.0 Å². The van der Waals surface area contributed by atoms with Gasteiger partial charge in [0, 0.05) is 42.5 Å². The molecule has 1 unspecified atom stereocenters. The summed E-state index contributed by atoms with van der Waals surface area (Å²) in [7, 11) is 0. The maximum Gasteiger partial charge on any atom is 0.269 e. The van der Waals surface area contributed by atoms with Gasteiger partial charge in [-0.15, -0.1) is 22.0 Å². The molecule has 1 aliphatic rings. The standard InChI is InChI=1S/C23H23N5O4S2/c1-14-7-15(2)9-19(8-14)27-11-17(10-21(27)30)22-25-26-23(34-22)24-20(29)13-33-12-16-3-5-18(6-4-16)28(31)32/h3-9,17H,10-13H2,1-2H3,(H,24,26,29). The molecule has 0 spiro atoms. The molecule has 1 atom stereocenters. The number of nitro groups is 1. The van der Waals surface area contributed by atoms with Gasteiger partial charge in [-0.05, 0) is 42.7 Å². The Morgan fingerprint density at radius 3 is 2.59 bits per heavy atom. The summed E-state index contributed by atoms with van der Waals surface area (Å²) >= 11 is 2.70. The summed E-state index contributed by atoms with van der Waals surface area (Å²) in [5.41, 5.74) is 4.06. The Kier molecular flexibility index (Phi) is 7.23. The van der Waals surface area contributed by atoms with Gasteiger partial charge in [-0.1, -0.05) is 29.5 Å². The molecule has 1 fully saturated rings. The first kappa shape index (κ1) is 23.8. The van der Waals surface area contributed by atoms with E-state index in [9.17, 15) is 19.7 Å². The van der Waals surface area contributed by atoms with Crippen LogP contribution in [-0.2, 0) is 15.3 Å². The van der Waals surface area contributed by atoms with Crippen molar-refractivity contribution in [1.29, 1.82) is 0 Å². The van der Waals surface area contributed by atoms with Gasteiger partial charge >= 0.3 is 0 Å². The third-order valence-electron chi connectivity index (χ3n) is 5.33. The fraction of sp³-hybridized carbons (Fsp3) is 0.304. The largest absolute Gasteiger partial charge is 0.312 e. The monoisotopic (exact) mass is 497 g/mol. The van der Waals surface area contributed by atoms with Crippen LogP contribution in [0.5, 0.6) is 0 Å². The van der Waals surface area contributed by atoms with Gasteiger partial charge in [0.05, 0.1) is 10.7 Å². The lowest BCUT2D eigenvalue weighted by Gasteiger charge is -2.17. The number of aryl methyl sites for hydroxylation is 2. The number of amides is 2. The average molecular weight is 498 g/mol. The third-order valence-corrected chi connectivity index (χ3v) is 7.33. The Labute approximate surface area is 204 Å². The van der Waals surface area contributed by atoms with E-state index in [1.165, 1.54) is 35.2 Å². The molecule has 0 saturated carbocycles. The average Bonchev–Trinajstić information content (AvgIpc) is 3.40. The van der Waals surface area contributed by atoms with Crippen LogP contribution in [0.15, 0.2) is 42.5 Å². The topological polar surface area (TPSA) is 118 Å². The molecule has 4 rings (SSSR count). The maximum absolute atomic E-state index is 12.6. The number of carbonyl (C=O) groups is 2. The van der Waals surface area contributed by atoms with Crippen LogP contribution in [0, 0.1) is 24.0 Å². The molecular formula is C23H23N5O4S2. The summed E-state index contributed by atoms with van der Waals surface area (Å²) < 4.78 is 0. The highest BCUT2D eigenvalue weighted by Crippen LogP contribution is 2.35. The molecule has 2 amide bonds. The first-order valence-electron chi connectivity index (χ1n) is 10.6. The molecule has 1 aromatic heterocycles. The lowest BCUT2D eigenvalue weighted by Crippen LogP contribution is -2.24. The Morgan fingerprint density at radius 2 is 1.91 bits per heavy atom. The second-order valence-corrected chi connectivity index (χ2v) is 10.2. The number of thioether (sulfide) groups is 1. The van der Waals surface area contributed by atoms with Gasteiger partial charge in [0.15, 0.2) is 0 Å². The van der Waals surface area contributed by atoms with Crippen molar-refractivity contribution < 1.29 is 14.5 Å². The number of benzene rings is 2. The van der Waals surface area contributed by atoms with Gasteiger partial charge in [-0.3, -0.25) is 25.0 Å². The molecule has 9 nitrogen and oxygen atoms in total. The van der Waals surface area contributed by atoms with Gasteiger partial charge in [0.1, 0.15) is 5.01 Å². The first-order chi connectivity index (χ1) is 16.3. The fourth-order valence-corrected chi connectivity index (χ4v) is 5.45. The number of non-ortho nitro benzene ring substituents is 1. The Balaban J connectivity index is 1.29. The van der Waals surface area contributed by atoms with Crippen molar-refractivity contribution in [3.8, 4) is 0 Å². The summed E-state index contributed by atoms with van der Waals surface area (Å²) in [6.07, 6.45) is 0.362. The summed E-state index contributed by atoms with van der Waals surface area (Å²) in [5, 5.41) is 22.9. The van der Waals surface area contributed by atoms with Crippen LogP contribution < -0.4 is 10.2 Å². The molecule has 2 aromatic carbocycles. The van der Waals surface area contributed by atoms with E-state index in [2.05, 4.69) is 21.6 Å². The summed E-state index contributed by atoms with van der Waals surface area (Å²) in [6.45, 7) is 4.56. The Morgan fingerprint density at radius 1 is 1.21 bits per heavy atom. The molecule has 1 N–H and O–H groups in total. The molecule has 1 aliphatic heterocycles. The number of carbonyl (C=O) groups excluding carboxylic acids is 2. The minimum atomic E-state index is -0.441. The van der Waals surface area contributed by atoms with Gasteiger partial charge in [-0.2, -0.15) is 0 Å². The number of nitrogens with zero attached hydrogens (tertiary/aromatic N) is 4. The number of rotatable bonds is 8. The van der Waals surface area contributed by atoms with Gasteiger partial charge in [-0.25, -0.2) is 0 Å². The predicted molar refractivity (Wildman–Crippen MR) is 133 cm³/mol. The van der Waals surface area contributed by atoms with Crippen LogP contribution in [-0.4, -0.2) is 39.2 Å². The molecule has 2 heterocycles. The number of hydrogen-bond acceptors (Lipinski definition) is 8. The van der Waals surface area contributed by atoms with E-state index < -0.39 is 4.92 Å². The molecule has 1 saturated heterocycles. The van der Waals surface area contributed by atoms with Crippen LogP contribution in [0.25, 0.3) is 0 Å². The maximum atomic E-state index is 12.6. The number of anilines is 2. The van der Waals surface area contributed by atoms with Crippen LogP contribution in [0.1, 0.15) is 34.0 Å². The van der Waals surface area contributed by atoms with E-state index in [0.717, 1.165) is 27.4 Å². The van der Waals surface area contributed by atoms with Crippen molar-refractivity contribution in [2.75, 3.05) is 22.5 Å². The van der Waals surface area contributed by atoms with E-state index in [-0.39, 0.29) is 29.2 Å². The minimum absolute atomic E-state index is 0.0413. The number of nitrogens with one attached hydrogen (secondary N) is 1. The zero-order valence-electron chi connectivity index (χ0n) is 18.7. The highest BCUT2D eigenvalue weighted by molar-refractivity contribution is 7.99. The number of aromatic nitrogens is 2. The Hall–Kier alpha value is -3.31. The summed E-state index contributed by atoms with van der Waals surface area (Å²) in [4.78, 5) is 37.0. The van der Waals surface area contributed by atoms with Crippen molar-refractivity contribution in [2.24, 2.45) is 0 Å². The number of nitro benzene ring substituents is 1. The second kappa shape index (κ2) is 10.3. The molecule has 176 valence electrons. The third kappa shape index (κ3) is 5.78. The highest BCUT2D eigenvalue weighted by atomic mass is 32.2. The normalized spacial score (nSPS) is 15.5. The molecule has 3 aromatic rings. The molecule has 0 aliphatic carbocycles. The van der Waals surface area contributed by atoms with Crippen molar-refractivity contribution in [1.82, 2.24) is 10.2 Å². The minimum Gasteiger partial charge on any atom is -0.312 e. The van der Waals surface area contributed by atoms with Gasteiger partial charge < -0.3 is 4.90 Å². The smallest absolute Gasteiger partial charge is 0.269 e. The van der Waals surface area contributed by atoms with Crippen LogP contribution >= 0.6 is 23.1 Å². The van der Waals surface area contributed by atoms with Crippen molar-refractivity contribution >= 4 is 51.4 Å². The quantitative estimate of drug-likeness (QED) is 0.361. The van der Waals surface area contributed by atoms with Gasteiger partial charge in [0.2, 0.25) is 16.9 Å². The highest BCUT2D eigenvalue weighted by Gasteiger charge is 2.34. The van der Waals surface area contributed by atoms with Crippen molar-refractivity contribution in [3.05, 3.63) is 74.3 Å². The van der Waals surface area contributed by atoms with E-state index in [1.54, 1.807) is 17.0 Å². The molecule has 11 heteroatoms. The van der Waals surface area contributed by atoms with E-state index in [0.29, 0.717) is 23.8 Å². The van der Waals surface area contributed by atoms with Crippen LogP contribution in [0.3, 0.4) is 0 Å². The van der Waals surface area contributed by atoms with Crippen molar-refractivity contribution in [2.45, 2.75) is 31.9 Å². The van der Waals surface area contributed by atoms with Crippen LogP contribution in [0.2, 0.25) is 0 Å². The Bertz CT molecular complexity index is 1210. The molecular weight excluding hydrogens is 474 g/mol.